The Morgan fingerprint density at radius 1 is 1.25 bits per heavy atom. The van der Waals surface area contributed by atoms with Crippen LogP contribution in [-0.4, -0.2) is 60.9 Å². The third kappa shape index (κ3) is 6.74. The molecule has 3 rings (SSSR count). The van der Waals surface area contributed by atoms with Gasteiger partial charge in [-0.1, -0.05) is 6.07 Å². The third-order valence-corrected chi connectivity index (χ3v) is 5.86. The zero-order valence-corrected chi connectivity index (χ0v) is 18.1. The number of hydrogen-bond donors (Lipinski definition) is 1. The Labute approximate surface area is 177 Å². The Bertz CT molecular complexity index is 701. The molecule has 0 bridgehead atoms. The topological polar surface area (TPSA) is 37.0 Å². The van der Waals surface area contributed by atoms with Gasteiger partial charge in [0.25, 0.3) is 0 Å². The minimum Gasteiger partial charge on any atom is -0.494 e. The van der Waals surface area contributed by atoms with E-state index in [9.17, 15) is 0 Å². The van der Waals surface area contributed by atoms with Gasteiger partial charge in [-0.15, -0.1) is 11.3 Å². The number of rotatable bonds is 9. The van der Waals surface area contributed by atoms with Crippen molar-refractivity contribution in [1.82, 2.24) is 9.80 Å². The van der Waals surface area contributed by atoms with E-state index in [1.165, 1.54) is 4.88 Å². The fraction of sp³-hybridized carbons (Fsp3) is 0.476. The molecule has 1 aliphatic heterocycles. The second kappa shape index (κ2) is 11.4. The Hall–Kier alpha value is -1.67. The molecule has 1 fully saturated rings. The van der Waals surface area contributed by atoms with Crippen molar-refractivity contribution in [3.05, 3.63) is 46.7 Å². The van der Waals surface area contributed by atoms with Crippen LogP contribution in [0.15, 0.2) is 41.8 Å². The van der Waals surface area contributed by atoms with Gasteiger partial charge < -0.3 is 19.7 Å². The monoisotopic (exact) mass is 419 g/mol. The highest BCUT2D eigenvalue weighted by Gasteiger charge is 2.14. The molecule has 28 heavy (non-hydrogen) atoms. The SMILES string of the molecule is CCOc1ccc(NC(=S)N(CCCN2CCOCC2)Cc2cccs2)cc1. The quantitative estimate of drug-likeness (QED) is 0.618. The number of hydrogen-bond acceptors (Lipinski definition) is 5. The first-order valence-corrected chi connectivity index (χ1v) is 11.1. The lowest BCUT2D eigenvalue weighted by Gasteiger charge is -2.29. The van der Waals surface area contributed by atoms with Crippen LogP contribution in [0.1, 0.15) is 18.2 Å². The average molecular weight is 420 g/mol. The summed E-state index contributed by atoms with van der Waals surface area (Å²) >= 11 is 7.51. The van der Waals surface area contributed by atoms with Gasteiger partial charge in [-0.25, -0.2) is 0 Å². The highest BCUT2D eigenvalue weighted by atomic mass is 32.1. The Morgan fingerprint density at radius 3 is 2.71 bits per heavy atom. The van der Waals surface area contributed by atoms with E-state index < -0.39 is 0 Å². The van der Waals surface area contributed by atoms with E-state index >= 15 is 0 Å². The summed E-state index contributed by atoms with van der Waals surface area (Å²) in [6.45, 7) is 9.24. The molecule has 2 heterocycles. The second-order valence-corrected chi connectivity index (χ2v) is 8.11. The zero-order valence-electron chi connectivity index (χ0n) is 16.4. The summed E-state index contributed by atoms with van der Waals surface area (Å²) in [6.07, 6.45) is 1.08. The van der Waals surface area contributed by atoms with Crippen molar-refractivity contribution in [2.24, 2.45) is 0 Å². The molecule has 0 spiro atoms. The van der Waals surface area contributed by atoms with Crippen LogP contribution >= 0.6 is 23.6 Å². The van der Waals surface area contributed by atoms with Crippen molar-refractivity contribution in [1.29, 1.82) is 0 Å². The fourth-order valence-corrected chi connectivity index (χ4v) is 4.15. The highest BCUT2D eigenvalue weighted by Crippen LogP contribution is 2.18. The number of morpholine rings is 1. The van der Waals surface area contributed by atoms with Gasteiger partial charge in [0.05, 0.1) is 26.4 Å². The molecule has 2 aromatic rings. The predicted molar refractivity (Wildman–Crippen MR) is 120 cm³/mol. The molecule has 7 heteroatoms. The molecule has 1 aliphatic rings. The standard InChI is InChI=1S/C21H29N3O2S2/c1-2-26-19-8-6-18(7-9-19)22-21(27)24(17-20-5-3-16-28-20)11-4-10-23-12-14-25-15-13-23/h3,5-9,16H,2,4,10-15,17H2,1H3,(H,22,27). The van der Waals surface area contributed by atoms with Crippen LogP contribution in [0.3, 0.4) is 0 Å². The Balaban J connectivity index is 1.55. The normalized spacial score (nSPS) is 14.6. The number of anilines is 1. The van der Waals surface area contributed by atoms with E-state index in [2.05, 4.69) is 32.6 Å². The van der Waals surface area contributed by atoms with Gasteiger partial charge in [0.15, 0.2) is 5.11 Å². The van der Waals surface area contributed by atoms with Crippen LogP contribution in [0.25, 0.3) is 0 Å². The van der Waals surface area contributed by atoms with E-state index in [-0.39, 0.29) is 0 Å². The summed E-state index contributed by atoms with van der Waals surface area (Å²) < 4.78 is 10.9. The lowest BCUT2D eigenvalue weighted by atomic mass is 10.3. The van der Waals surface area contributed by atoms with Gasteiger partial charge >= 0.3 is 0 Å². The summed E-state index contributed by atoms with van der Waals surface area (Å²) in [7, 11) is 0. The molecule has 0 atom stereocenters. The van der Waals surface area contributed by atoms with E-state index in [4.69, 9.17) is 21.7 Å². The summed E-state index contributed by atoms with van der Waals surface area (Å²) in [5.41, 5.74) is 0.984. The molecule has 1 aromatic heterocycles. The fourth-order valence-electron chi connectivity index (χ4n) is 3.16. The Morgan fingerprint density at radius 2 is 2.04 bits per heavy atom. The molecule has 0 unspecified atom stereocenters. The van der Waals surface area contributed by atoms with Crippen LogP contribution in [0, 0.1) is 0 Å². The van der Waals surface area contributed by atoms with E-state index in [0.717, 1.165) is 68.9 Å². The molecule has 1 saturated heterocycles. The molecule has 0 radical (unpaired) electrons. The molecule has 0 saturated carbocycles. The van der Waals surface area contributed by atoms with Crippen LogP contribution < -0.4 is 10.1 Å². The number of benzene rings is 1. The van der Waals surface area contributed by atoms with Crippen molar-refractivity contribution < 1.29 is 9.47 Å². The molecular formula is C21H29N3O2S2. The van der Waals surface area contributed by atoms with E-state index in [1.807, 2.05) is 31.2 Å². The van der Waals surface area contributed by atoms with Crippen LogP contribution in [0.2, 0.25) is 0 Å². The van der Waals surface area contributed by atoms with Gasteiger partial charge in [0, 0.05) is 36.7 Å². The Kier molecular flexibility index (Phi) is 8.54. The van der Waals surface area contributed by atoms with Gasteiger partial charge in [0.2, 0.25) is 0 Å². The predicted octanol–water partition coefficient (Wildman–Crippen LogP) is 4.07. The number of thiophene rings is 1. The largest absolute Gasteiger partial charge is 0.494 e. The number of thiocarbonyl (C=S) groups is 1. The summed E-state index contributed by atoms with van der Waals surface area (Å²) in [5.74, 6) is 0.875. The van der Waals surface area contributed by atoms with Crippen molar-refractivity contribution in [3.8, 4) is 5.75 Å². The lowest BCUT2D eigenvalue weighted by molar-refractivity contribution is 0.0368. The maximum absolute atomic E-state index is 5.74. The minimum atomic E-state index is 0.670. The zero-order chi connectivity index (χ0) is 19.6. The van der Waals surface area contributed by atoms with E-state index in [0.29, 0.717) is 6.61 Å². The maximum atomic E-state index is 5.74. The first-order chi connectivity index (χ1) is 13.7. The van der Waals surface area contributed by atoms with E-state index in [1.54, 1.807) is 11.3 Å². The van der Waals surface area contributed by atoms with Gasteiger partial charge in [-0.3, -0.25) is 4.90 Å². The molecule has 0 amide bonds. The van der Waals surface area contributed by atoms with Gasteiger partial charge in [-0.05, 0) is 61.3 Å². The van der Waals surface area contributed by atoms with Crippen LogP contribution in [0.5, 0.6) is 5.75 Å². The average Bonchev–Trinajstić information content (AvgIpc) is 3.23. The third-order valence-electron chi connectivity index (χ3n) is 4.64. The van der Waals surface area contributed by atoms with Crippen molar-refractivity contribution in [2.45, 2.75) is 19.9 Å². The lowest BCUT2D eigenvalue weighted by Crippen LogP contribution is -2.39. The molecule has 1 N–H and O–H groups in total. The number of nitrogens with zero attached hydrogens (tertiary/aromatic N) is 2. The number of nitrogens with one attached hydrogen (secondary N) is 1. The maximum Gasteiger partial charge on any atom is 0.173 e. The smallest absolute Gasteiger partial charge is 0.173 e. The van der Waals surface area contributed by atoms with Gasteiger partial charge in [-0.2, -0.15) is 0 Å². The first-order valence-electron chi connectivity index (χ1n) is 9.86. The van der Waals surface area contributed by atoms with Crippen molar-refractivity contribution in [2.75, 3.05) is 51.3 Å². The van der Waals surface area contributed by atoms with Gasteiger partial charge in [0.1, 0.15) is 5.75 Å². The molecular weight excluding hydrogens is 390 g/mol. The molecule has 152 valence electrons. The number of ether oxygens (including phenoxy) is 2. The molecule has 5 nitrogen and oxygen atoms in total. The van der Waals surface area contributed by atoms with Crippen molar-refractivity contribution >= 4 is 34.4 Å². The van der Waals surface area contributed by atoms with Crippen LogP contribution in [0.4, 0.5) is 5.69 Å². The summed E-state index contributed by atoms with van der Waals surface area (Å²) in [5, 5.41) is 6.26. The minimum absolute atomic E-state index is 0.670. The first kappa shape index (κ1) is 21.0. The van der Waals surface area contributed by atoms with Crippen molar-refractivity contribution in [3.63, 3.8) is 0 Å². The summed E-state index contributed by atoms with van der Waals surface area (Å²) in [6, 6.07) is 12.2. The summed E-state index contributed by atoms with van der Waals surface area (Å²) in [4.78, 5) is 6.05. The molecule has 1 aromatic carbocycles. The van der Waals surface area contributed by atoms with Crippen LogP contribution in [-0.2, 0) is 11.3 Å². The second-order valence-electron chi connectivity index (χ2n) is 6.70. The highest BCUT2D eigenvalue weighted by molar-refractivity contribution is 7.80. The molecule has 0 aliphatic carbocycles.